The molecule has 0 saturated heterocycles. The first kappa shape index (κ1) is 17.7. The van der Waals surface area contributed by atoms with Gasteiger partial charge in [-0.05, 0) is 35.1 Å². The van der Waals surface area contributed by atoms with Crippen molar-refractivity contribution in [3.63, 3.8) is 0 Å². The molecule has 0 bridgehead atoms. The summed E-state index contributed by atoms with van der Waals surface area (Å²) in [6, 6.07) is 7.82. The number of hydrogen-bond donors (Lipinski definition) is 2. The van der Waals surface area contributed by atoms with Crippen LogP contribution in [0.5, 0.6) is 0 Å². The van der Waals surface area contributed by atoms with Gasteiger partial charge in [0.1, 0.15) is 11.1 Å². The van der Waals surface area contributed by atoms with Gasteiger partial charge in [-0.25, -0.2) is 4.98 Å². The Labute approximate surface area is 142 Å². The fraction of sp³-hybridized carbons (Fsp3) is 0.316. The van der Waals surface area contributed by atoms with Gasteiger partial charge in [0.25, 0.3) is 0 Å². The number of nitrogens with zero attached hydrogens (tertiary/aromatic N) is 3. The average molecular weight is 323 g/mol. The van der Waals surface area contributed by atoms with Crippen LogP contribution in [0.4, 0.5) is 0 Å². The van der Waals surface area contributed by atoms with E-state index in [1.54, 1.807) is 6.07 Å². The lowest BCUT2D eigenvalue weighted by Crippen LogP contribution is -2.18. The van der Waals surface area contributed by atoms with Crippen LogP contribution < -0.4 is 5.49 Å². The van der Waals surface area contributed by atoms with Crippen molar-refractivity contribution < 1.29 is 0 Å². The first-order valence-corrected chi connectivity index (χ1v) is 8.12. The highest BCUT2D eigenvalue weighted by atomic mass is 15.0. The summed E-state index contributed by atoms with van der Waals surface area (Å²) in [7, 11) is 0. The van der Waals surface area contributed by atoms with Gasteiger partial charge in [0, 0.05) is 24.8 Å². The highest BCUT2D eigenvalue weighted by molar-refractivity contribution is 5.54. The van der Waals surface area contributed by atoms with Gasteiger partial charge in [-0.2, -0.15) is 0 Å². The zero-order valence-corrected chi connectivity index (χ0v) is 14.7. The van der Waals surface area contributed by atoms with Gasteiger partial charge >= 0.3 is 0 Å². The van der Waals surface area contributed by atoms with Crippen molar-refractivity contribution >= 4 is 12.0 Å². The van der Waals surface area contributed by atoms with Gasteiger partial charge < -0.3 is 4.40 Å². The smallest absolute Gasteiger partial charge is 0.136 e. The lowest BCUT2D eigenvalue weighted by molar-refractivity contribution is 0.837. The standard InChI is InChI=1S/C10H12N2.C9H13N3/c1-8(2)9-3-4-10-11-5-6-12(10)7-9;1-7(2)8-3-4-9(11)12(5-8)6-10/h3-8H,1-2H3;3-7,10-11H,1-2H3. The zero-order valence-electron chi connectivity index (χ0n) is 14.7. The summed E-state index contributed by atoms with van der Waals surface area (Å²) in [5.41, 5.74) is 3.85. The van der Waals surface area contributed by atoms with Crippen molar-refractivity contribution in [1.29, 1.82) is 10.8 Å². The molecular formula is C19H25N5. The maximum atomic E-state index is 7.42. The number of pyridine rings is 2. The molecule has 3 aromatic heterocycles. The fourth-order valence-electron chi connectivity index (χ4n) is 2.26. The summed E-state index contributed by atoms with van der Waals surface area (Å²) >= 11 is 0. The summed E-state index contributed by atoms with van der Waals surface area (Å²) < 4.78 is 3.55. The van der Waals surface area contributed by atoms with E-state index in [9.17, 15) is 0 Å². The van der Waals surface area contributed by atoms with Crippen LogP contribution in [-0.4, -0.2) is 20.3 Å². The van der Waals surface area contributed by atoms with E-state index >= 15 is 0 Å². The Morgan fingerprint density at radius 1 is 0.958 bits per heavy atom. The fourth-order valence-corrected chi connectivity index (χ4v) is 2.26. The molecule has 0 fully saturated rings. The van der Waals surface area contributed by atoms with Crippen LogP contribution in [0.2, 0.25) is 0 Å². The van der Waals surface area contributed by atoms with Gasteiger partial charge in [0.15, 0.2) is 0 Å². The Kier molecular flexibility index (Phi) is 5.68. The molecule has 0 aromatic carbocycles. The molecule has 0 unspecified atom stereocenters. The summed E-state index contributed by atoms with van der Waals surface area (Å²) in [6.07, 6.45) is 8.89. The van der Waals surface area contributed by atoms with E-state index < -0.39 is 0 Å². The number of aromatic nitrogens is 3. The third-order valence-electron chi connectivity index (χ3n) is 3.88. The summed E-state index contributed by atoms with van der Waals surface area (Å²) in [4.78, 5) is 4.18. The van der Waals surface area contributed by atoms with Crippen molar-refractivity contribution in [1.82, 2.24) is 14.0 Å². The minimum atomic E-state index is 0.342. The SMILES string of the molecule is CC(C)c1ccc(=N)n(C=N)c1.CC(C)c1ccc2nccn2c1. The predicted molar refractivity (Wildman–Crippen MR) is 97.8 cm³/mol. The van der Waals surface area contributed by atoms with Crippen molar-refractivity contribution in [3.05, 3.63) is 65.7 Å². The lowest BCUT2D eigenvalue weighted by atomic mass is 10.1. The van der Waals surface area contributed by atoms with E-state index in [-0.39, 0.29) is 0 Å². The van der Waals surface area contributed by atoms with Crippen molar-refractivity contribution in [2.24, 2.45) is 0 Å². The molecular weight excluding hydrogens is 298 g/mol. The van der Waals surface area contributed by atoms with E-state index in [0.717, 1.165) is 17.5 Å². The molecule has 0 amide bonds. The summed E-state index contributed by atoms with van der Waals surface area (Å²) in [5, 5.41) is 14.5. The van der Waals surface area contributed by atoms with Crippen LogP contribution in [0.3, 0.4) is 0 Å². The highest BCUT2D eigenvalue weighted by Crippen LogP contribution is 2.14. The Bertz CT molecular complexity index is 871. The highest BCUT2D eigenvalue weighted by Gasteiger charge is 2.00. The number of hydrogen-bond acceptors (Lipinski definition) is 3. The second-order valence-electron chi connectivity index (χ2n) is 6.35. The number of imidazole rings is 1. The van der Waals surface area contributed by atoms with Gasteiger partial charge in [0.2, 0.25) is 0 Å². The van der Waals surface area contributed by atoms with Crippen LogP contribution in [0.15, 0.2) is 49.1 Å². The normalized spacial score (nSPS) is 10.8. The van der Waals surface area contributed by atoms with Crippen LogP contribution in [0.25, 0.3) is 5.65 Å². The van der Waals surface area contributed by atoms with Crippen molar-refractivity contribution in [2.75, 3.05) is 0 Å². The van der Waals surface area contributed by atoms with E-state index in [1.807, 2.05) is 24.7 Å². The maximum Gasteiger partial charge on any atom is 0.136 e. The summed E-state index contributed by atoms with van der Waals surface area (Å²) in [5.74, 6) is 1.02. The molecule has 24 heavy (non-hydrogen) atoms. The third kappa shape index (κ3) is 4.19. The van der Waals surface area contributed by atoms with Gasteiger partial charge in [-0.1, -0.05) is 39.8 Å². The summed E-state index contributed by atoms with van der Waals surface area (Å²) in [6.45, 7) is 8.57. The monoisotopic (exact) mass is 323 g/mol. The van der Waals surface area contributed by atoms with E-state index in [4.69, 9.17) is 10.8 Å². The molecule has 0 radical (unpaired) electrons. The van der Waals surface area contributed by atoms with Crippen LogP contribution >= 0.6 is 0 Å². The first-order chi connectivity index (χ1) is 11.4. The van der Waals surface area contributed by atoms with Crippen molar-refractivity contribution in [2.45, 2.75) is 39.5 Å². The predicted octanol–water partition coefficient (Wildman–Crippen LogP) is 4.00. The zero-order chi connectivity index (χ0) is 17.7. The molecule has 0 aliphatic heterocycles. The molecule has 5 heteroatoms. The Morgan fingerprint density at radius 3 is 2.21 bits per heavy atom. The Morgan fingerprint density at radius 2 is 1.58 bits per heavy atom. The van der Waals surface area contributed by atoms with Gasteiger partial charge in [0.05, 0.1) is 6.34 Å². The maximum absolute atomic E-state index is 7.42. The number of rotatable bonds is 3. The van der Waals surface area contributed by atoms with Crippen LogP contribution in [-0.2, 0) is 0 Å². The van der Waals surface area contributed by atoms with Crippen molar-refractivity contribution in [3.8, 4) is 0 Å². The molecule has 2 N–H and O–H groups in total. The Hall–Kier alpha value is -2.69. The molecule has 5 nitrogen and oxygen atoms in total. The van der Waals surface area contributed by atoms with E-state index in [2.05, 4.69) is 55.4 Å². The molecule has 3 rings (SSSR count). The first-order valence-electron chi connectivity index (χ1n) is 8.12. The van der Waals surface area contributed by atoms with E-state index in [0.29, 0.717) is 17.3 Å². The third-order valence-corrected chi connectivity index (χ3v) is 3.88. The molecule has 126 valence electrons. The molecule has 0 spiro atoms. The topological polar surface area (TPSA) is 69.9 Å². The molecule has 0 aliphatic rings. The number of fused-ring (bicyclic) bond motifs is 1. The van der Waals surface area contributed by atoms with Gasteiger partial charge in [-0.15, -0.1) is 0 Å². The van der Waals surface area contributed by atoms with E-state index in [1.165, 1.54) is 10.1 Å². The lowest BCUT2D eigenvalue weighted by Gasteiger charge is -2.06. The van der Waals surface area contributed by atoms with Crippen LogP contribution in [0, 0.1) is 10.8 Å². The Balaban J connectivity index is 0.000000174. The second kappa shape index (κ2) is 7.73. The second-order valence-corrected chi connectivity index (χ2v) is 6.35. The molecule has 0 saturated carbocycles. The minimum absolute atomic E-state index is 0.342. The molecule has 0 aliphatic carbocycles. The molecule has 3 heterocycles. The van der Waals surface area contributed by atoms with Gasteiger partial charge in [-0.3, -0.25) is 15.4 Å². The van der Waals surface area contributed by atoms with Crippen LogP contribution in [0.1, 0.15) is 50.7 Å². The average Bonchev–Trinajstić information content (AvgIpc) is 3.03. The quantitative estimate of drug-likeness (QED) is 0.555. The molecule has 3 aromatic rings. The minimum Gasteiger partial charge on any atom is -0.307 e. The number of nitrogens with one attached hydrogen (secondary N) is 2. The largest absolute Gasteiger partial charge is 0.307 e. The molecule has 0 atom stereocenters.